The molecule has 96 valence electrons. The number of fused-ring (bicyclic) bond motifs is 1. The number of hydrogen-bond acceptors (Lipinski definition) is 2. The largest absolute Gasteiger partial charge is 0.361 e. The number of anilines is 1. The summed E-state index contributed by atoms with van der Waals surface area (Å²) >= 11 is 13.4. The highest BCUT2D eigenvalue weighted by atomic mass is 35.5. The predicted molar refractivity (Wildman–Crippen MR) is 84.2 cm³/mol. The van der Waals surface area contributed by atoms with Gasteiger partial charge >= 0.3 is 0 Å². The zero-order chi connectivity index (χ0) is 13.2. The van der Waals surface area contributed by atoms with Crippen molar-refractivity contribution in [2.45, 2.75) is 4.90 Å². The standard InChI is InChI=1S/C14H10Cl2N2S/c15-9-6-10(16)8-11(7-9)19-18-14-3-1-2-13-12(14)4-5-17-13/h1-8,17-18H. The van der Waals surface area contributed by atoms with Gasteiger partial charge in [-0.1, -0.05) is 29.3 Å². The molecule has 0 saturated carbocycles. The lowest BCUT2D eigenvalue weighted by molar-refractivity contribution is 1.46. The molecule has 0 radical (unpaired) electrons. The Hall–Kier alpha value is -1.29. The lowest BCUT2D eigenvalue weighted by Gasteiger charge is -2.07. The van der Waals surface area contributed by atoms with Crippen LogP contribution in [0.3, 0.4) is 0 Å². The molecule has 0 unspecified atom stereocenters. The van der Waals surface area contributed by atoms with E-state index in [0.717, 1.165) is 21.5 Å². The van der Waals surface area contributed by atoms with Crippen molar-refractivity contribution in [3.63, 3.8) is 0 Å². The Morgan fingerprint density at radius 2 is 1.79 bits per heavy atom. The van der Waals surface area contributed by atoms with Crippen molar-refractivity contribution in [1.82, 2.24) is 4.98 Å². The maximum Gasteiger partial charge on any atom is 0.0537 e. The van der Waals surface area contributed by atoms with Gasteiger partial charge in [-0.2, -0.15) is 0 Å². The molecule has 0 aliphatic heterocycles. The third-order valence-corrected chi connectivity index (χ3v) is 3.94. The fraction of sp³-hybridized carbons (Fsp3) is 0. The van der Waals surface area contributed by atoms with E-state index < -0.39 is 0 Å². The van der Waals surface area contributed by atoms with Crippen LogP contribution in [0.4, 0.5) is 5.69 Å². The molecule has 0 spiro atoms. The summed E-state index contributed by atoms with van der Waals surface area (Å²) < 4.78 is 3.32. The molecule has 2 aromatic carbocycles. The van der Waals surface area contributed by atoms with E-state index in [-0.39, 0.29) is 0 Å². The first-order valence-electron chi connectivity index (χ1n) is 5.67. The van der Waals surface area contributed by atoms with Crippen LogP contribution in [0.1, 0.15) is 0 Å². The van der Waals surface area contributed by atoms with Gasteiger partial charge in [-0.15, -0.1) is 0 Å². The summed E-state index contributed by atoms with van der Waals surface area (Å²) in [4.78, 5) is 4.16. The number of aromatic nitrogens is 1. The van der Waals surface area contributed by atoms with E-state index in [1.807, 2.05) is 42.6 Å². The zero-order valence-electron chi connectivity index (χ0n) is 9.78. The van der Waals surface area contributed by atoms with Crippen molar-refractivity contribution in [2.24, 2.45) is 0 Å². The fourth-order valence-electron chi connectivity index (χ4n) is 1.88. The van der Waals surface area contributed by atoms with Gasteiger partial charge in [-0.05, 0) is 48.3 Å². The lowest BCUT2D eigenvalue weighted by atomic mass is 10.2. The number of halogens is 2. The summed E-state index contributed by atoms with van der Waals surface area (Å²) in [6.45, 7) is 0. The Labute approximate surface area is 125 Å². The minimum atomic E-state index is 0.636. The quantitative estimate of drug-likeness (QED) is 0.617. The normalized spacial score (nSPS) is 10.8. The lowest BCUT2D eigenvalue weighted by Crippen LogP contribution is -1.87. The molecule has 3 rings (SSSR count). The summed E-state index contributed by atoms with van der Waals surface area (Å²) in [6.07, 6.45) is 1.93. The van der Waals surface area contributed by atoms with Crippen LogP contribution in [0, 0.1) is 0 Å². The van der Waals surface area contributed by atoms with E-state index in [2.05, 4.69) is 9.71 Å². The molecule has 2 nitrogen and oxygen atoms in total. The monoisotopic (exact) mass is 308 g/mol. The number of aromatic amines is 1. The van der Waals surface area contributed by atoms with E-state index >= 15 is 0 Å². The highest BCUT2D eigenvalue weighted by Crippen LogP contribution is 2.30. The Morgan fingerprint density at radius 1 is 1.00 bits per heavy atom. The summed E-state index contributed by atoms with van der Waals surface area (Å²) in [7, 11) is 0. The van der Waals surface area contributed by atoms with Crippen molar-refractivity contribution in [3.05, 3.63) is 58.7 Å². The zero-order valence-corrected chi connectivity index (χ0v) is 12.1. The van der Waals surface area contributed by atoms with E-state index in [4.69, 9.17) is 23.2 Å². The molecule has 0 bridgehead atoms. The molecule has 19 heavy (non-hydrogen) atoms. The van der Waals surface area contributed by atoms with E-state index in [1.54, 1.807) is 6.07 Å². The number of rotatable bonds is 3. The summed E-state index contributed by atoms with van der Waals surface area (Å²) in [5, 5.41) is 2.43. The molecule has 3 aromatic rings. The van der Waals surface area contributed by atoms with Gasteiger partial charge < -0.3 is 9.71 Å². The summed E-state index contributed by atoms with van der Waals surface area (Å²) in [5.41, 5.74) is 2.16. The molecule has 2 N–H and O–H groups in total. The van der Waals surface area contributed by atoms with Crippen LogP contribution in [0.25, 0.3) is 10.9 Å². The SMILES string of the molecule is Clc1cc(Cl)cc(SNc2cccc3[nH]ccc23)c1. The Morgan fingerprint density at radius 3 is 2.58 bits per heavy atom. The number of hydrogen-bond donors (Lipinski definition) is 2. The van der Waals surface area contributed by atoms with Crippen molar-refractivity contribution in [3.8, 4) is 0 Å². The average Bonchev–Trinajstić information content (AvgIpc) is 2.83. The van der Waals surface area contributed by atoms with Gasteiger partial charge in [-0.25, -0.2) is 0 Å². The fourth-order valence-corrected chi connectivity index (χ4v) is 3.31. The van der Waals surface area contributed by atoms with Crippen LogP contribution in [-0.4, -0.2) is 4.98 Å². The van der Waals surface area contributed by atoms with E-state index in [1.165, 1.54) is 11.9 Å². The van der Waals surface area contributed by atoms with Crippen molar-refractivity contribution >= 4 is 51.7 Å². The molecule has 0 aliphatic carbocycles. The topological polar surface area (TPSA) is 27.8 Å². The van der Waals surface area contributed by atoms with Crippen LogP contribution < -0.4 is 4.72 Å². The highest BCUT2D eigenvalue weighted by Gasteiger charge is 2.03. The minimum absolute atomic E-state index is 0.636. The van der Waals surface area contributed by atoms with Crippen LogP contribution in [0.5, 0.6) is 0 Å². The second kappa shape index (κ2) is 5.37. The second-order valence-corrected chi connectivity index (χ2v) is 5.81. The van der Waals surface area contributed by atoms with Crippen LogP contribution >= 0.6 is 35.1 Å². The van der Waals surface area contributed by atoms with Gasteiger partial charge in [0.2, 0.25) is 0 Å². The van der Waals surface area contributed by atoms with Gasteiger partial charge in [0.25, 0.3) is 0 Å². The maximum absolute atomic E-state index is 5.98. The summed E-state index contributed by atoms with van der Waals surface area (Å²) in [6, 6.07) is 13.6. The Balaban J connectivity index is 1.84. The highest BCUT2D eigenvalue weighted by molar-refractivity contribution is 8.00. The van der Waals surface area contributed by atoms with Gasteiger partial charge in [0.1, 0.15) is 0 Å². The van der Waals surface area contributed by atoms with E-state index in [0.29, 0.717) is 10.0 Å². The molecular weight excluding hydrogens is 299 g/mol. The van der Waals surface area contributed by atoms with Gasteiger partial charge in [-0.3, -0.25) is 0 Å². The summed E-state index contributed by atoms with van der Waals surface area (Å²) in [5.74, 6) is 0. The smallest absolute Gasteiger partial charge is 0.0537 e. The first-order valence-corrected chi connectivity index (χ1v) is 7.25. The first kappa shape index (κ1) is 12.7. The molecule has 0 atom stereocenters. The number of H-pyrrole nitrogens is 1. The van der Waals surface area contributed by atoms with Crippen LogP contribution in [-0.2, 0) is 0 Å². The van der Waals surface area contributed by atoms with Crippen LogP contribution in [0.2, 0.25) is 10.0 Å². The molecule has 0 saturated heterocycles. The van der Waals surface area contributed by atoms with Crippen LogP contribution in [0.15, 0.2) is 53.6 Å². The minimum Gasteiger partial charge on any atom is -0.361 e. The molecule has 1 aromatic heterocycles. The molecule has 0 fully saturated rings. The third-order valence-electron chi connectivity index (χ3n) is 2.71. The van der Waals surface area contributed by atoms with Gasteiger partial charge in [0.15, 0.2) is 0 Å². The Bertz CT molecular complexity index is 704. The third kappa shape index (κ3) is 2.84. The van der Waals surface area contributed by atoms with Crippen molar-refractivity contribution in [2.75, 3.05) is 4.72 Å². The van der Waals surface area contributed by atoms with Gasteiger partial charge in [0.05, 0.1) is 5.69 Å². The average molecular weight is 309 g/mol. The molecule has 1 heterocycles. The molecule has 5 heteroatoms. The number of nitrogens with one attached hydrogen (secondary N) is 2. The molecular formula is C14H10Cl2N2S. The van der Waals surface area contributed by atoms with Crippen molar-refractivity contribution in [1.29, 1.82) is 0 Å². The van der Waals surface area contributed by atoms with E-state index in [9.17, 15) is 0 Å². The second-order valence-electron chi connectivity index (χ2n) is 4.05. The van der Waals surface area contributed by atoms with Crippen molar-refractivity contribution < 1.29 is 0 Å². The molecule has 0 amide bonds. The predicted octanol–water partition coefficient (Wildman–Crippen LogP) is 5.59. The number of benzene rings is 2. The maximum atomic E-state index is 5.98. The molecule has 0 aliphatic rings. The van der Waals surface area contributed by atoms with Gasteiger partial charge in [0, 0.05) is 32.0 Å². The Kier molecular flexibility index (Phi) is 3.60. The first-order chi connectivity index (χ1) is 9.22.